The Labute approximate surface area is 136 Å². The van der Waals surface area contributed by atoms with Crippen molar-refractivity contribution in [1.29, 1.82) is 0 Å². The summed E-state index contributed by atoms with van der Waals surface area (Å²) in [6.07, 6.45) is 15.4. The number of nitrogens with two attached hydrogens (primary N) is 1. The van der Waals surface area contributed by atoms with Gasteiger partial charge in [-0.15, -0.1) is 0 Å². The summed E-state index contributed by atoms with van der Waals surface area (Å²) in [5.74, 6) is 1.04. The third-order valence-corrected chi connectivity index (χ3v) is 5.19. The van der Waals surface area contributed by atoms with Gasteiger partial charge in [0.15, 0.2) is 5.96 Å². The summed E-state index contributed by atoms with van der Waals surface area (Å²) in [6, 6.07) is 1.52. The largest absolute Gasteiger partial charge is 0.354 e. The lowest BCUT2D eigenvalue weighted by Gasteiger charge is -2.29. The summed E-state index contributed by atoms with van der Waals surface area (Å²) in [4.78, 5) is 4.81. The van der Waals surface area contributed by atoms with E-state index in [4.69, 9.17) is 10.7 Å². The lowest BCUT2D eigenvalue weighted by atomic mass is 9.95. The molecule has 2 saturated carbocycles. The van der Waals surface area contributed by atoms with Crippen molar-refractivity contribution in [1.82, 2.24) is 10.6 Å². The number of hydrogen-bond acceptors (Lipinski definition) is 2. The van der Waals surface area contributed by atoms with Gasteiger partial charge in [0.2, 0.25) is 0 Å². The zero-order valence-corrected chi connectivity index (χ0v) is 14.4. The molecule has 4 heteroatoms. The van der Waals surface area contributed by atoms with Crippen LogP contribution in [0.1, 0.15) is 84.0 Å². The van der Waals surface area contributed by atoms with Gasteiger partial charge in [-0.2, -0.15) is 0 Å². The van der Waals surface area contributed by atoms with Crippen molar-refractivity contribution in [3.8, 4) is 0 Å². The van der Waals surface area contributed by atoms with Gasteiger partial charge < -0.3 is 16.4 Å². The van der Waals surface area contributed by atoms with Crippen molar-refractivity contribution < 1.29 is 0 Å². The standard InChI is InChI=1S/C18H36N4/c1-2-15(19)13-14-20-18(21-16-9-5-3-6-10-16)22-17-11-7-4-8-12-17/h15-17H,2-14,19H2,1H3,(H2,20,21,22). The maximum Gasteiger partial charge on any atom is 0.191 e. The normalized spacial score (nSPS) is 22.1. The van der Waals surface area contributed by atoms with Gasteiger partial charge in [0.1, 0.15) is 0 Å². The highest BCUT2D eigenvalue weighted by Gasteiger charge is 2.18. The lowest BCUT2D eigenvalue weighted by Crippen LogP contribution is -2.48. The first-order valence-electron chi connectivity index (χ1n) is 9.61. The summed E-state index contributed by atoms with van der Waals surface area (Å²) in [7, 11) is 0. The summed E-state index contributed by atoms with van der Waals surface area (Å²) < 4.78 is 0. The van der Waals surface area contributed by atoms with E-state index < -0.39 is 0 Å². The van der Waals surface area contributed by atoms with E-state index in [-0.39, 0.29) is 6.04 Å². The van der Waals surface area contributed by atoms with E-state index in [1.54, 1.807) is 0 Å². The molecule has 0 bridgehead atoms. The first kappa shape index (κ1) is 17.6. The monoisotopic (exact) mass is 308 g/mol. The number of guanidine groups is 1. The molecule has 0 aliphatic heterocycles. The van der Waals surface area contributed by atoms with E-state index in [0.717, 1.165) is 25.3 Å². The van der Waals surface area contributed by atoms with Gasteiger partial charge in [-0.3, -0.25) is 4.99 Å². The van der Waals surface area contributed by atoms with Crippen molar-refractivity contribution in [3.05, 3.63) is 0 Å². The zero-order valence-electron chi connectivity index (χ0n) is 14.4. The highest BCUT2D eigenvalue weighted by molar-refractivity contribution is 5.80. The van der Waals surface area contributed by atoms with E-state index in [2.05, 4.69) is 17.6 Å². The minimum absolute atomic E-state index is 0.286. The van der Waals surface area contributed by atoms with Gasteiger partial charge in [0, 0.05) is 24.7 Å². The second-order valence-corrected chi connectivity index (χ2v) is 7.15. The number of rotatable bonds is 6. The van der Waals surface area contributed by atoms with E-state index in [1.807, 2.05) is 0 Å². The van der Waals surface area contributed by atoms with E-state index in [0.29, 0.717) is 12.1 Å². The highest BCUT2D eigenvalue weighted by atomic mass is 15.2. The third kappa shape index (κ3) is 6.55. The molecule has 0 aromatic rings. The Bertz CT molecular complexity index is 295. The van der Waals surface area contributed by atoms with Crippen molar-refractivity contribution in [2.45, 2.75) is 102 Å². The minimum atomic E-state index is 0.286. The van der Waals surface area contributed by atoms with Gasteiger partial charge in [0.25, 0.3) is 0 Å². The molecule has 2 aliphatic carbocycles. The fourth-order valence-electron chi connectivity index (χ4n) is 3.56. The molecular formula is C18H36N4. The Kier molecular flexibility index (Phi) is 8.06. The Balaban J connectivity index is 1.84. The van der Waals surface area contributed by atoms with Crippen LogP contribution in [0.3, 0.4) is 0 Å². The summed E-state index contributed by atoms with van der Waals surface area (Å²) in [5.41, 5.74) is 6.02. The molecule has 0 amide bonds. The second kappa shape index (κ2) is 10.1. The second-order valence-electron chi connectivity index (χ2n) is 7.15. The minimum Gasteiger partial charge on any atom is -0.354 e. The van der Waals surface area contributed by atoms with Crippen LogP contribution in [-0.2, 0) is 0 Å². The molecule has 4 nitrogen and oxygen atoms in total. The van der Waals surface area contributed by atoms with Crippen LogP contribution < -0.4 is 16.4 Å². The van der Waals surface area contributed by atoms with E-state index in [9.17, 15) is 0 Å². The first-order chi connectivity index (χ1) is 10.8. The van der Waals surface area contributed by atoms with Crippen LogP contribution in [0.2, 0.25) is 0 Å². The molecule has 1 atom stereocenters. The molecular weight excluding hydrogens is 272 g/mol. The molecule has 0 heterocycles. The zero-order chi connectivity index (χ0) is 15.6. The molecule has 0 aromatic heterocycles. The maximum absolute atomic E-state index is 6.02. The Morgan fingerprint density at radius 1 is 0.955 bits per heavy atom. The predicted octanol–water partition coefficient (Wildman–Crippen LogP) is 3.31. The summed E-state index contributed by atoms with van der Waals surface area (Å²) >= 11 is 0. The van der Waals surface area contributed by atoms with E-state index in [1.165, 1.54) is 64.2 Å². The van der Waals surface area contributed by atoms with Crippen molar-refractivity contribution in [2.75, 3.05) is 6.54 Å². The Hall–Kier alpha value is -0.770. The van der Waals surface area contributed by atoms with Crippen LogP contribution in [0.25, 0.3) is 0 Å². The number of hydrogen-bond donors (Lipinski definition) is 3. The fraction of sp³-hybridized carbons (Fsp3) is 0.944. The maximum atomic E-state index is 6.02. The topological polar surface area (TPSA) is 62.4 Å². The van der Waals surface area contributed by atoms with Crippen LogP contribution in [0, 0.1) is 0 Å². The van der Waals surface area contributed by atoms with Gasteiger partial charge in [-0.05, 0) is 38.5 Å². The summed E-state index contributed by atoms with van der Waals surface area (Å²) in [6.45, 7) is 2.99. The van der Waals surface area contributed by atoms with Crippen molar-refractivity contribution >= 4 is 5.96 Å². The molecule has 22 heavy (non-hydrogen) atoms. The Morgan fingerprint density at radius 2 is 1.45 bits per heavy atom. The summed E-state index contributed by atoms with van der Waals surface area (Å²) in [5, 5.41) is 7.39. The average molecular weight is 309 g/mol. The lowest BCUT2D eigenvalue weighted by molar-refractivity contribution is 0.388. The van der Waals surface area contributed by atoms with Crippen LogP contribution in [0.5, 0.6) is 0 Å². The number of aliphatic imine (C=N–C) groups is 1. The van der Waals surface area contributed by atoms with Gasteiger partial charge in [-0.25, -0.2) is 0 Å². The highest BCUT2D eigenvalue weighted by Crippen LogP contribution is 2.19. The van der Waals surface area contributed by atoms with Crippen LogP contribution >= 0.6 is 0 Å². The molecule has 128 valence electrons. The quantitative estimate of drug-likeness (QED) is 0.521. The average Bonchev–Trinajstić information content (AvgIpc) is 2.56. The molecule has 2 aliphatic rings. The van der Waals surface area contributed by atoms with Crippen LogP contribution in [0.4, 0.5) is 0 Å². The molecule has 0 radical (unpaired) electrons. The molecule has 0 spiro atoms. The van der Waals surface area contributed by atoms with Gasteiger partial charge >= 0.3 is 0 Å². The van der Waals surface area contributed by atoms with Crippen LogP contribution in [0.15, 0.2) is 4.99 Å². The number of nitrogens with zero attached hydrogens (tertiary/aromatic N) is 1. The van der Waals surface area contributed by atoms with Crippen molar-refractivity contribution in [3.63, 3.8) is 0 Å². The smallest absolute Gasteiger partial charge is 0.191 e. The molecule has 1 unspecified atom stereocenters. The van der Waals surface area contributed by atoms with Crippen molar-refractivity contribution in [2.24, 2.45) is 10.7 Å². The fourth-order valence-corrected chi connectivity index (χ4v) is 3.56. The molecule has 4 N–H and O–H groups in total. The molecule has 0 aromatic carbocycles. The SMILES string of the molecule is CCC(N)CCN=C(NC1CCCCC1)NC1CCCCC1. The van der Waals surface area contributed by atoms with E-state index >= 15 is 0 Å². The third-order valence-electron chi connectivity index (χ3n) is 5.19. The first-order valence-corrected chi connectivity index (χ1v) is 9.61. The predicted molar refractivity (Wildman–Crippen MR) is 95.2 cm³/mol. The molecule has 2 rings (SSSR count). The Morgan fingerprint density at radius 3 is 1.91 bits per heavy atom. The molecule has 0 saturated heterocycles. The van der Waals surface area contributed by atoms with Gasteiger partial charge in [-0.1, -0.05) is 45.4 Å². The molecule has 2 fully saturated rings. The number of nitrogens with one attached hydrogen (secondary N) is 2. The van der Waals surface area contributed by atoms with Gasteiger partial charge in [0.05, 0.1) is 0 Å². The van der Waals surface area contributed by atoms with Crippen LogP contribution in [-0.4, -0.2) is 30.6 Å².